The highest BCUT2D eigenvalue weighted by molar-refractivity contribution is 7.89. The molecule has 4 rings (SSSR count). The van der Waals surface area contributed by atoms with Crippen LogP contribution in [0.15, 0.2) is 90.1 Å². The van der Waals surface area contributed by atoms with Gasteiger partial charge in [-0.05, 0) is 42.8 Å². The molecule has 27 heavy (non-hydrogen) atoms. The number of aromatic nitrogens is 1. The highest BCUT2D eigenvalue weighted by atomic mass is 32.2. The quantitative estimate of drug-likeness (QED) is 0.685. The summed E-state index contributed by atoms with van der Waals surface area (Å²) in [5.74, 6) is 0.00151. The Morgan fingerprint density at radius 2 is 1.70 bits per heavy atom. The van der Waals surface area contributed by atoms with Crippen LogP contribution in [0, 0.1) is 6.92 Å². The van der Waals surface area contributed by atoms with E-state index in [0.717, 1.165) is 16.7 Å². The molecular weight excluding hydrogens is 356 g/mol. The van der Waals surface area contributed by atoms with Gasteiger partial charge in [0.1, 0.15) is 0 Å². The minimum Gasteiger partial charge on any atom is -0.265 e. The van der Waals surface area contributed by atoms with Crippen molar-refractivity contribution in [3.05, 3.63) is 102 Å². The molecule has 0 saturated heterocycles. The fraction of sp³-hybridized carbons (Fsp3) is 0.136. The van der Waals surface area contributed by atoms with Crippen molar-refractivity contribution >= 4 is 15.7 Å². The summed E-state index contributed by atoms with van der Waals surface area (Å²) in [7, 11) is -3.66. The molecule has 0 N–H and O–H groups in total. The summed E-state index contributed by atoms with van der Waals surface area (Å²) in [6.45, 7) is 2.32. The number of nitrogens with zero attached hydrogens (tertiary/aromatic N) is 2. The standard InChI is InChI=1S/C22H20N2O2S/c1-17-9-11-21(12-10-17)27(25,26)24-16-20(18-6-3-2-4-7-18)14-22(24)19-8-5-13-23-15-19/h2-15,20H,16H2,1H3. The SMILES string of the molecule is Cc1ccc(S(=O)(=O)N2CC(c3ccccc3)C=C2c2cccnc2)cc1. The minimum absolute atomic E-state index is 0.00151. The van der Waals surface area contributed by atoms with E-state index in [9.17, 15) is 8.42 Å². The first kappa shape index (κ1) is 17.5. The molecule has 0 aliphatic carbocycles. The lowest BCUT2D eigenvalue weighted by molar-refractivity contribution is 0.515. The lowest BCUT2D eigenvalue weighted by Crippen LogP contribution is -2.29. The normalized spacial score (nSPS) is 17.0. The zero-order valence-electron chi connectivity index (χ0n) is 15.0. The summed E-state index contributed by atoms with van der Waals surface area (Å²) < 4.78 is 28.2. The first-order valence-corrected chi connectivity index (χ1v) is 10.3. The van der Waals surface area contributed by atoms with Crippen molar-refractivity contribution in [3.63, 3.8) is 0 Å². The lowest BCUT2D eigenvalue weighted by atomic mass is 10.00. The smallest absolute Gasteiger partial charge is 0.264 e. The fourth-order valence-electron chi connectivity index (χ4n) is 3.32. The monoisotopic (exact) mass is 376 g/mol. The molecule has 2 aromatic carbocycles. The molecule has 2 heterocycles. The van der Waals surface area contributed by atoms with E-state index < -0.39 is 10.0 Å². The summed E-state index contributed by atoms with van der Waals surface area (Å²) in [5.41, 5.74) is 3.60. The maximum atomic E-state index is 13.4. The average Bonchev–Trinajstić information content (AvgIpc) is 3.16. The van der Waals surface area contributed by atoms with Crippen molar-refractivity contribution in [1.29, 1.82) is 0 Å². The minimum atomic E-state index is -3.66. The van der Waals surface area contributed by atoms with Crippen molar-refractivity contribution < 1.29 is 8.42 Å². The Bertz CT molecular complexity index is 1060. The first-order valence-electron chi connectivity index (χ1n) is 8.82. The third kappa shape index (κ3) is 3.38. The Kier molecular flexibility index (Phi) is 4.54. The Balaban J connectivity index is 1.79. The molecule has 0 amide bonds. The van der Waals surface area contributed by atoms with Crippen LogP contribution in [0.25, 0.3) is 5.70 Å². The molecule has 1 aliphatic heterocycles. The molecule has 3 aromatic rings. The molecule has 0 radical (unpaired) electrons. The van der Waals surface area contributed by atoms with Crippen molar-refractivity contribution in [2.24, 2.45) is 0 Å². The van der Waals surface area contributed by atoms with Gasteiger partial charge in [-0.15, -0.1) is 0 Å². The highest BCUT2D eigenvalue weighted by Gasteiger charge is 2.34. The number of hydrogen-bond acceptors (Lipinski definition) is 3. The molecule has 0 saturated carbocycles. The van der Waals surface area contributed by atoms with E-state index in [2.05, 4.69) is 4.98 Å². The van der Waals surface area contributed by atoms with Gasteiger partial charge in [-0.2, -0.15) is 0 Å². The van der Waals surface area contributed by atoms with E-state index in [1.54, 1.807) is 24.5 Å². The Labute approximate surface area is 159 Å². The summed E-state index contributed by atoms with van der Waals surface area (Å²) in [6.07, 6.45) is 5.42. The number of sulfonamides is 1. The summed E-state index contributed by atoms with van der Waals surface area (Å²) >= 11 is 0. The van der Waals surface area contributed by atoms with Gasteiger partial charge in [-0.1, -0.05) is 48.0 Å². The van der Waals surface area contributed by atoms with Crippen molar-refractivity contribution in [3.8, 4) is 0 Å². The second kappa shape index (κ2) is 7.00. The Morgan fingerprint density at radius 1 is 0.963 bits per heavy atom. The molecular formula is C22H20N2O2S. The maximum absolute atomic E-state index is 13.4. The van der Waals surface area contributed by atoms with Crippen LogP contribution < -0.4 is 0 Å². The molecule has 5 heteroatoms. The van der Waals surface area contributed by atoms with E-state index >= 15 is 0 Å². The number of benzene rings is 2. The van der Waals surface area contributed by atoms with Crippen molar-refractivity contribution in [2.75, 3.05) is 6.54 Å². The first-order chi connectivity index (χ1) is 13.1. The fourth-order valence-corrected chi connectivity index (χ4v) is 4.84. The number of aryl methyl sites for hydroxylation is 1. The van der Waals surface area contributed by atoms with Crippen LogP contribution >= 0.6 is 0 Å². The molecule has 0 spiro atoms. The third-order valence-corrected chi connectivity index (χ3v) is 6.58. The molecule has 1 aliphatic rings. The second-order valence-corrected chi connectivity index (χ2v) is 8.52. The lowest BCUT2D eigenvalue weighted by Gasteiger charge is -2.23. The molecule has 0 fully saturated rings. The van der Waals surface area contributed by atoms with E-state index in [0.29, 0.717) is 17.1 Å². The van der Waals surface area contributed by atoms with Crippen LogP contribution in [0.3, 0.4) is 0 Å². The van der Waals surface area contributed by atoms with Gasteiger partial charge in [0.25, 0.3) is 10.0 Å². The zero-order chi connectivity index (χ0) is 18.9. The summed E-state index contributed by atoms with van der Waals surface area (Å²) in [6, 6.07) is 20.7. The van der Waals surface area contributed by atoms with Crippen LogP contribution in [0.4, 0.5) is 0 Å². The van der Waals surface area contributed by atoms with E-state index in [1.807, 2.05) is 67.6 Å². The number of pyridine rings is 1. The van der Waals surface area contributed by atoms with E-state index in [1.165, 1.54) is 4.31 Å². The van der Waals surface area contributed by atoms with Gasteiger partial charge in [0.2, 0.25) is 0 Å². The number of rotatable bonds is 4. The van der Waals surface area contributed by atoms with Gasteiger partial charge >= 0.3 is 0 Å². The summed E-state index contributed by atoms with van der Waals surface area (Å²) in [5, 5.41) is 0. The largest absolute Gasteiger partial charge is 0.265 e. The van der Waals surface area contributed by atoms with Crippen LogP contribution in [0.5, 0.6) is 0 Å². The van der Waals surface area contributed by atoms with E-state index in [-0.39, 0.29) is 5.92 Å². The maximum Gasteiger partial charge on any atom is 0.264 e. The predicted molar refractivity (Wildman–Crippen MR) is 106 cm³/mol. The Hall–Kier alpha value is -2.92. The molecule has 136 valence electrons. The van der Waals surface area contributed by atoms with Crippen molar-refractivity contribution in [2.45, 2.75) is 17.7 Å². The highest BCUT2D eigenvalue weighted by Crippen LogP contribution is 2.37. The van der Waals surface area contributed by atoms with Crippen molar-refractivity contribution in [1.82, 2.24) is 9.29 Å². The van der Waals surface area contributed by atoms with Crippen LogP contribution in [-0.2, 0) is 10.0 Å². The van der Waals surface area contributed by atoms with Gasteiger partial charge in [-0.3, -0.25) is 9.29 Å². The average molecular weight is 376 g/mol. The van der Waals surface area contributed by atoms with Crippen LogP contribution in [0.2, 0.25) is 0 Å². The van der Waals surface area contributed by atoms with Gasteiger partial charge in [0, 0.05) is 30.4 Å². The zero-order valence-corrected chi connectivity index (χ0v) is 15.8. The number of hydrogen-bond donors (Lipinski definition) is 0. The van der Waals surface area contributed by atoms with Crippen LogP contribution in [0.1, 0.15) is 22.6 Å². The van der Waals surface area contributed by atoms with Gasteiger partial charge in [0.05, 0.1) is 10.6 Å². The predicted octanol–water partition coefficient (Wildman–Crippen LogP) is 4.22. The molecule has 1 atom stereocenters. The van der Waals surface area contributed by atoms with E-state index in [4.69, 9.17) is 0 Å². The third-order valence-electron chi connectivity index (χ3n) is 4.78. The molecule has 0 bridgehead atoms. The topological polar surface area (TPSA) is 50.3 Å². The molecule has 4 nitrogen and oxygen atoms in total. The molecule has 1 unspecified atom stereocenters. The second-order valence-electron chi connectivity index (χ2n) is 6.66. The van der Waals surface area contributed by atoms with Crippen LogP contribution in [-0.4, -0.2) is 24.3 Å². The summed E-state index contributed by atoms with van der Waals surface area (Å²) in [4.78, 5) is 4.47. The Morgan fingerprint density at radius 3 is 2.37 bits per heavy atom. The van der Waals surface area contributed by atoms with Gasteiger partial charge in [-0.25, -0.2) is 8.42 Å². The van der Waals surface area contributed by atoms with Gasteiger partial charge in [0.15, 0.2) is 0 Å². The van der Waals surface area contributed by atoms with Gasteiger partial charge < -0.3 is 0 Å². The molecule has 1 aromatic heterocycles.